The van der Waals surface area contributed by atoms with E-state index in [0.717, 1.165) is 37.2 Å². The molecule has 0 atom stereocenters. The number of benzene rings is 1. The quantitative estimate of drug-likeness (QED) is 0.800. The van der Waals surface area contributed by atoms with Crippen LogP contribution in [0, 0.1) is 6.92 Å². The molecule has 1 aliphatic heterocycles. The van der Waals surface area contributed by atoms with Crippen molar-refractivity contribution in [3.05, 3.63) is 28.8 Å². The first-order valence-electron chi connectivity index (χ1n) is 5.49. The molecule has 3 nitrogen and oxygen atoms in total. The number of aryl methyl sites for hydroxylation is 1. The summed E-state index contributed by atoms with van der Waals surface area (Å²) in [7, 11) is 0. The summed E-state index contributed by atoms with van der Waals surface area (Å²) < 4.78 is 0. The normalized spacial score (nSPS) is 15.2. The molecule has 1 aliphatic rings. The Kier molecular flexibility index (Phi) is 3.34. The van der Waals surface area contributed by atoms with Gasteiger partial charge in [-0.15, -0.1) is 0 Å². The average molecular weight is 239 g/mol. The van der Waals surface area contributed by atoms with Crippen LogP contribution >= 0.6 is 11.6 Å². The smallest absolute Gasteiger partial charge is 0.321 e. The third-order valence-electron chi connectivity index (χ3n) is 2.85. The van der Waals surface area contributed by atoms with E-state index in [2.05, 4.69) is 5.32 Å². The van der Waals surface area contributed by atoms with Gasteiger partial charge in [0.15, 0.2) is 0 Å². The highest BCUT2D eigenvalue weighted by molar-refractivity contribution is 6.33. The van der Waals surface area contributed by atoms with Crippen molar-refractivity contribution in [3.63, 3.8) is 0 Å². The molecular formula is C12H15ClN2O. The largest absolute Gasteiger partial charge is 0.325 e. The van der Waals surface area contributed by atoms with E-state index in [4.69, 9.17) is 11.6 Å². The number of likely N-dealkylation sites (tertiary alicyclic amines) is 1. The van der Waals surface area contributed by atoms with E-state index in [1.54, 1.807) is 6.07 Å². The van der Waals surface area contributed by atoms with Gasteiger partial charge in [-0.2, -0.15) is 0 Å². The fraction of sp³-hybridized carbons (Fsp3) is 0.417. The molecular weight excluding hydrogens is 224 g/mol. The third-order valence-corrected chi connectivity index (χ3v) is 3.16. The molecule has 1 saturated heterocycles. The molecule has 0 unspecified atom stereocenters. The Bertz CT molecular complexity index is 380. The molecule has 0 bridgehead atoms. The number of anilines is 1. The lowest BCUT2D eigenvalue weighted by Crippen LogP contribution is -2.32. The van der Waals surface area contributed by atoms with Crippen LogP contribution in [0.2, 0.25) is 5.02 Å². The fourth-order valence-corrected chi connectivity index (χ4v) is 2.17. The SMILES string of the molecule is Cc1cccc(Cl)c1NC(=O)N1CCCC1. The highest BCUT2D eigenvalue weighted by Crippen LogP contribution is 2.25. The van der Waals surface area contributed by atoms with Gasteiger partial charge in [0.1, 0.15) is 0 Å². The van der Waals surface area contributed by atoms with Crippen molar-refractivity contribution < 1.29 is 4.79 Å². The minimum atomic E-state index is -0.0475. The lowest BCUT2D eigenvalue weighted by atomic mass is 10.2. The summed E-state index contributed by atoms with van der Waals surface area (Å²) in [4.78, 5) is 13.7. The first-order valence-corrected chi connectivity index (χ1v) is 5.87. The summed E-state index contributed by atoms with van der Waals surface area (Å²) in [6.45, 7) is 3.62. The second-order valence-electron chi connectivity index (χ2n) is 4.06. The molecule has 1 N–H and O–H groups in total. The number of nitrogens with one attached hydrogen (secondary N) is 1. The second-order valence-corrected chi connectivity index (χ2v) is 4.46. The summed E-state index contributed by atoms with van der Waals surface area (Å²) in [6, 6.07) is 5.55. The molecule has 0 aliphatic carbocycles. The Labute approximate surface area is 100 Å². The molecule has 0 radical (unpaired) electrons. The monoisotopic (exact) mass is 238 g/mol. The van der Waals surface area contributed by atoms with E-state index >= 15 is 0 Å². The van der Waals surface area contributed by atoms with Crippen LogP contribution in [0.4, 0.5) is 10.5 Å². The topological polar surface area (TPSA) is 32.3 Å². The van der Waals surface area contributed by atoms with Gasteiger partial charge in [-0.3, -0.25) is 0 Å². The van der Waals surface area contributed by atoms with Gasteiger partial charge in [0.25, 0.3) is 0 Å². The minimum Gasteiger partial charge on any atom is -0.325 e. The van der Waals surface area contributed by atoms with E-state index < -0.39 is 0 Å². The van der Waals surface area contributed by atoms with Crippen LogP contribution in [0.15, 0.2) is 18.2 Å². The number of carbonyl (C=O) groups excluding carboxylic acids is 1. The van der Waals surface area contributed by atoms with Crippen molar-refractivity contribution in [1.29, 1.82) is 0 Å². The predicted molar refractivity (Wildman–Crippen MR) is 66.0 cm³/mol. The number of hydrogen-bond acceptors (Lipinski definition) is 1. The molecule has 0 spiro atoms. The van der Waals surface area contributed by atoms with Crippen LogP contribution in [0.5, 0.6) is 0 Å². The number of urea groups is 1. The van der Waals surface area contributed by atoms with Gasteiger partial charge >= 0.3 is 6.03 Å². The molecule has 86 valence electrons. The average Bonchev–Trinajstić information content (AvgIpc) is 2.76. The lowest BCUT2D eigenvalue weighted by Gasteiger charge is -2.17. The number of rotatable bonds is 1. The van der Waals surface area contributed by atoms with Gasteiger partial charge < -0.3 is 10.2 Å². The van der Waals surface area contributed by atoms with Crippen molar-refractivity contribution in [2.45, 2.75) is 19.8 Å². The summed E-state index contributed by atoms with van der Waals surface area (Å²) in [5.41, 5.74) is 1.71. The maximum Gasteiger partial charge on any atom is 0.321 e. The number of carbonyl (C=O) groups is 1. The number of hydrogen-bond donors (Lipinski definition) is 1. The molecule has 0 saturated carbocycles. The van der Waals surface area contributed by atoms with Gasteiger partial charge in [-0.05, 0) is 31.4 Å². The van der Waals surface area contributed by atoms with E-state index in [0.29, 0.717) is 5.02 Å². The molecule has 1 aromatic carbocycles. The van der Waals surface area contributed by atoms with Gasteiger partial charge in [-0.25, -0.2) is 4.79 Å². The minimum absolute atomic E-state index is 0.0475. The zero-order valence-corrected chi connectivity index (χ0v) is 10.0. The summed E-state index contributed by atoms with van der Waals surface area (Å²) in [5, 5.41) is 3.47. The molecule has 4 heteroatoms. The van der Waals surface area contributed by atoms with Crippen molar-refractivity contribution >= 4 is 23.3 Å². The first-order chi connectivity index (χ1) is 7.68. The third kappa shape index (κ3) is 2.30. The lowest BCUT2D eigenvalue weighted by molar-refractivity contribution is 0.222. The Morgan fingerprint density at radius 2 is 2.06 bits per heavy atom. The summed E-state index contributed by atoms with van der Waals surface area (Å²) in [6.07, 6.45) is 2.18. The van der Waals surface area contributed by atoms with Crippen LogP contribution in [-0.2, 0) is 0 Å². The number of para-hydroxylation sites is 1. The Morgan fingerprint density at radius 3 is 2.69 bits per heavy atom. The Morgan fingerprint density at radius 1 is 1.38 bits per heavy atom. The van der Waals surface area contributed by atoms with Crippen LogP contribution in [0.25, 0.3) is 0 Å². The highest BCUT2D eigenvalue weighted by atomic mass is 35.5. The second kappa shape index (κ2) is 4.74. The van der Waals surface area contributed by atoms with Gasteiger partial charge in [0, 0.05) is 13.1 Å². The van der Waals surface area contributed by atoms with Gasteiger partial charge in [-0.1, -0.05) is 23.7 Å². The summed E-state index contributed by atoms with van der Waals surface area (Å²) in [5.74, 6) is 0. The molecule has 2 amide bonds. The number of nitrogens with zero attached hydrogens (tertiary/aromatic N) is 1. The Hall–Kier alpha value is -1.22. The standard InChI is InChI=1S/C12H15ClN2O/c1-9-5-4-6-10(13)11(9)14-12(16)15-7-2-3-8-15/h4-6H,2-3,7-8H2,1H3,(H,14,16). The van der Waals surface area contributed by atoms with E-state index in [9.17, 15) is 4.79 Å². The molecule has 2 rings (SSSR count). The van der Waals surface area contributed by atoms with Gasteiger partial charge in [0.2, 0.25) is 0 Å². The summed E-state index contributed by atoms with van der Waals surface area (Å²) >= 11 is 6.05. The van der Waals surface area contributed by atoms with E-state index in [1.165, 1.54) is 0 Å². The van der Waals surface area contributed by atoms with Gasteiger partial charge in [0.05, 0.1) is 10.7 Å². The van der Waals surface area contributed by atoms with Crippen LogP contribution in [0.1, 0.15) is 18.4 Å². The zero-order valence-electron chi connectivity index (χ0n) is 9.29. The maximum absolute atomic E-state index is 11.9. The van der Waals surface area contributed by atoms with E-state index in [-0.39, 0.29) is 6.03 Å². The van der Waals surface area contributed by atoms with Crippen molar-refractivity contribution in [3.8, 4) is 0 Å². The molecule has 16 heavy (non-hydrogen) atoms. The fourth-order valence-electron chi connectivity index (χ4n) is 1.90. The van der Waals surface area contributed by atoms with E-state index in [1.807, 2.05) is 24.0 Å². The molecule has 1 fully saturated rings. The highest BCUT2D eigenvalue weighted by Gasteiger charge is 2.18. The van der Waals surface area contributed by atoms with Crippen molar-refractivity contribution in [2.24, 2.45) is 0 Å². The van der Waals surface area contributed by atoms with Crippen LogP contribution in [-0.4, -0.2) is 24.0 Å². The maximum atomic E-state index is 11.9. The number of halogens is 1. The zero-order chi connectivity index (χ0) is 11.5. The molecule has 1 aromatic rings. The first kappa shape index (κ1) is 11.3. The molecule has 1 heterocycles. The van der Waals surface area contributed by atoms with Crippen LogP contribution in [0.3, 0.4) is 0 Å². The molecule has 0 aromatic heterocycles. The Balaban J connectivity index is 2.11. The van der Waals surface area contributed by atoms with Crippen molar-refractivity contribution in [2.75, 3.05) is 18.4 Å². The van der Waals surface area contributed by atoms with Crippen molar-refractivity contribution in [1.82, 2.24) is 4.90 Å². The predicted octanol–water partition coefficient (Wildman–Crippen LogP) is 3.28. The van der Waals surface area contributed by atoms with Crippen LogP contribution < -0.4 is 5.32 Å². The number of amides is 2.